The maximum atomic E-state index is 5.78. The zero-order valence-corrected chi connectivity index (χ0v) is 7.21. The van der Waals surface area contributed by atoms with Gasteiger partial charge in [0.25, 0.3) is 0 Å². The fourth-order valence-corrected chi connectivity index (χ4v) is 1.73. The van der Waals surface area contributed by atoms with Crippen LogP contribution in [0.5, 0.6) is 0 Å². The van der Waals surface area contributed by atoms with E-state index in [9.17, 15) is 0 Å². The average Bonchev–Trinajstić information content (AvgIpc) is 2.57. The molecule has 12 heavy (non-hydrogen) atoms. The first-order valence-electron chi connectivity index (χ1n) is 3.62. The fraction of sp³-hybridized carbons (Fsp3) is 0. The van der Waals surface area contributed by atoms with Gasteiger partial charge in [-0.3, -0.25) is 0 Å². The molecule has 0 spiro atoms. The summed E-state index contributed by atoms with van der Waals surface area (Å²) in [6, 6.07) is 7.75. The zero-order chi connectivity index (χ0) is 8.39. The lowest BCUT2D eigenvalue weighted by Gasteiger charge is -1.99. The van der Waals surface area contributed by atoms with E-state index in [2.05, 4.69) is 4.98 Å². The second-order valence-electron chi connectivity index (χ2n) is 2.42. The van der Waals surface area contributed by atoms with Gasteiger partial charge in [0.05, 0.1) is 0 Å². The van der Waals surface area contributed by atoms with Crippen LogP contribution in [0, 0.1) is 0 Å². The molecule has 0 aliphatic carbocycles. The molecule has 2 nitrogen and oxygen atoms in total. The molecule has 0 aliphatic rings. The first-order valence-corrected chi connectivity index (χ1v) is 4.50. The van der Waals surface area contributed by atoms with Crippen LogP contribution in [0.3, 0.4) is 0 Å². The van der Waals surface area contributed by atoms with E-state index in [0.717, 1.165) is 16.3 Å². The molecular formula is C9H8N2S. The smallest absolute Gasteiger partial charge is 0.125 e. The zero-order valence-electron chi connectivity index (χ0n) is 6.40. The SMILES string of the molecule is Nc1ccccc1-c1nccs1. The Morgan fingerprint density at radius 1 is 1.25 bits per heavy atom. The highest BCUT2D eigenvalue weighted by atomic mass is 32.1. The molecule has 0 aliphatic heterocycles. The van der Waals surface area contributed by atoms with Gasteiger partial charge in [0, 0.05) is 22.8 Å². The molecule has 0 saturated heterocycles. The van der Waals surface area contributed by atoms with Crippen molar-refractivity contribution in [2.75, 3.05) is 5.73 Å². The highest BCUT2D eigenvalue weighted by molar-refractivity contribution is 7.13. The van der Waals surface area contributed by atoms with Crippen molar-refractivity contribution in [1.29, 1.82) is 0 Å². The highest BCUT2D eigenvalue weighted by Crippen LogP contribution is 2.26. The third-order valence-corrected chi connectivity index (χ3v) is 2.43. The van der Waals surface area contributed by atoms with Crippen molar-refractivity contribution in [3.8, 4) is 10.6 Å². The van der Waals surface area contributed by atoms with E-state index >= 15 is 0 Å². The molecule has 2 rings (SSSR count). The minimum atomic E-state index is 0.785. The molecule has 0 fully saturated rings. The van der Waals surface area contributed by atoms with Crippen LogP contribution in [0.1, 0.15) is 0 Å². The quantitative estimate of drug-likeness (QED) is 0.677. The van der Waals surface area contributed by atoms with Crippen LogP contribution < -0.4 is 5.73 Å². The summed E-state index contributed by atoms with van der Waals surface area (Å²) in [7, 11) is 0. The Morgan fingerprint density at radius 3 is 2.75 bits per heavy atom. The molecule has 1 heterocycles. The van der Waals surface area contributed by atoms with Crippen LogP contribution in [0.25, 0.3) is 10.6 Å². The molecule has 0 amide bonds. The summed E-state index contributed by atoms with van der Waals surface area (Å²) >= 11 is 1.60. The van der Waals surface area contributed by atoms with E-state index in [1.54, 1.807) is 17.5 Å². The van der Waals surface area contributed by atoms with Crippen molar-refractivity contribution in [3.05, 3.63) is 35.8 Å². The van der Waals surface area contributed by atoms with Gasteiger partial charge in [-0.05, 0) is 12.1 Å². The number of benzene rings is 1. The summed E-state index contributed by atoms with van der Waals surface area (Å²) in [4.78, 5) is 4.19. The molecule has 0 bridgehead atoms. The van der Waals surface area contributed by atoms with Gasteiger partial charge in [-0.15, -0.1) is 11.3 Å². The Kier molecular flexibility index (Phi) is 1.80. The molecule has 2 N–H and O–H groups in total. The van der Waals surface area contributed by atoms with E-state index < -0.39 is 0 Å². The largest absolute Gasteiger partial charge is 0.398 e. The average molecular weight is 176 g/mol. The number of aromatic nitrogens is 1. The van der Waals surface area contributed by atoms with Gasteiger partial charge >= 0.3 is 0 Å². The van der Waals surface area contributed by atoms with Gasteiger partial charge < -0.3 is 5.73 Å². The van der Waals surface area contributed by atoms with Crippen LogP contribution in [-0.2, 0) is 0 Å². The van der Waals surface area contributed by atoms with Crippen molar-refractivity contribution in [2.45, 2.75) is 0 Å². The Morgan fingerprint density at radius 2 is 2.08 bits per heavy atom. The lowest BCUT2D eigenvalue weighted by atomic mass is 10.2. The van der Waals surface area contributed by atoms with Gasteiger partial charge in [0.2, 0.25) is 0 Å². The number of hydrogen-bond acceptors (Lipinski definition) is 3. The molecule has 0 atom stereocenters. The molecule has 3 heteroatoms. The normalized spacial score (nSPS) is 10.0. The van der Waals surface area contributed by atoms with Gasteiger partial charge in [-0.2, -0.15) is 0 Å². The van der Waals surface area contributed by atoms with Gasteiger partial charge in [-0.1, -0.05) is 12.1 Å². The molecule has 0 unspecified atom stereocenters. The van der Waals surface area contributed by atoms with Crippen molar-refractivity contribution in [2.24, 2.45) is 0 Å². The summed E-state index contributed by atoms with van der Waals surface area (Å²) in [5.41, 5.74) is 7.58. The van der Waals surface area contributed by atoms with Crippen molar-refractivity contribution in [1.82, 2.24) is 4.98 Å². The summed E-state index contributed by atoms with van der Waals surface area (Å²) in [5, 5.41) is 2.93. The number of thiazole rings is 1. The Bertz CT molecular complexity index is 368. The van der Waals surface area contributed by atoms with E-state index in [-0.39, 0.29) is 0 Å². The minimum Gasteiger partial charge on any atom is -0.398 e. The summed E-state index contributed by atoms with van der Waals surface area (Å²) in [6.45, 7) is 0. The molecular weight excluding hydrogens is 168 g/mol. The minimum absolute atomic E-state index is 0.785. The lowest BCUT2D eigenvalue weighted by Crippen LogP contribution is -1.87. The Hall–Kier alpha value is -1.35. The summed E-state index contributed by atoms with van der Waals surface area (Å²) in [6.07, 6.45) is 1.78. The Labute approximate surface area is 74.7 Å². The second kappa shape index (κ2) is 2.95. The number of hydrogen-bond donors (Lipinski definition) is 1. The standard InChI is InChI=1S/C9H8N2S/c10-8-4-2-1-3-7(8)9-11-5-6-12-9/h1-6H,10H2. The van der Waals surface area contributed by atoms with Gasteiger partial charge in [0.15, 0.2) is 0 Å². The number of nitrogens with zero attached hydrogens (tertiary/aromatic N) is 1. The van der Waals surface area contributed by atoms with Crippen LogP contribution >= 0.6 is 11.3 Å². The lowest BCUT2D eigenvalue weighted by molar-refractivity contribution is 1.41. The predicted molar refractivity (Wildman–Crippen MR) is 52.0 cm³/mol. The van der Waals surface area contributed by atoms with Crippen LogP contribution in [0.2, 0.25) is 0 Å². The molecule has 2 aromatic rings. The van der Waals surface area contributed by atoms with E-state index in [1.165, 1.54) is 0 Å². The Balaban J connectivity index is 2.55. The first-order chi connectivity index (χ1) is 5.88. The third-order valence-electron chi connectivity index (χ3n) is 1.62. The van der Waals surface area contributed by atoms with Crippen molar-refractivity contribution >= 4 is 17.0 Å². The van der Waals surface area contributed by atoms with E-state index in [1.807, 2.05) is 29.6 Å². The van der Waals surface area contributed by atoms with Crippen LogP contribution in [-0.4, -0.2) is 4.98 Å². The number of nitrogen functional groups attached to an aromatic ring is 1. The van der Waals surface area contributed by atoms with Gasteiger partial charge in [0.1, 0.15) is 5.01 Å². The predicted octanol–water partition coefficient (Wildman–Crippen LogP) is 2.39. The van der Waals surface area contributed by atoms with E-state index in [0.29, 0.717) is 0 Å². The summed E-state index contributed by atoms with van der Waals surface area (Å²) < 4.78 is 0. The molecule has 1 aromatic carbocycles. The first kappa shape index (κ1) is 7.31. The van der Waals surface area contributed by atoms with E-state index in [4.69, 9.17) is 5.73 Å². The molecule has 0 radical (unpaired) electrons. The monoisotopic (exact) mass is 176 g/mol. The summed E-state index contributed by atoms with van der Waals surface area (Å²) in [5.74, 6) is 0. The number of nitrogens with two attached hydrogens (primary N) is 1. The molecule has 1 aromatic heterocycles. The number of para-hydroxylation sites is 1. The number of anilines is 1. The van der Waals surface area contributed by atoms with Gasteiger partial charge in [-0.25, -0.2) is 4.98 Å². The number of rotatable bonds is 1. The van der Waals surface area contributed by atoms with Crippen molar-refractivity contribution in [3.63, 3.8) is 0 Å². The maximum Gasteiger partial charge on any atom is 0.125 e. The second-order valence-corrected chi connectivity index (χ2v) is 3.32. The molecule has 60 valence electrons. The van der Waals surface area contributed by atoms with Crippen LogP contribution in [0.4, 0.5) is 5.69 Å². The topological polar surface area (TPSA) is 38.9 Å². The highest BCUT2D eigenvalue weighted by Gasteiger charge is 2.02. The fourth-order valence-electron chi connectivity index (χ4n) is 1.05. The maximum absolute atomic E-state index is 5.78. The van der Waals surface area contributed by atoms with Crippen LogP contribution in [0.15, 0.2) is 35.8 Å². The van der Waals surface area contributed by atoms with Crippen molar-refractivity contribution < 1.29 is 0 Å². The molecule has 0 saturated carbocycles. The third kappa shape index (κ3) is 1.19.